The number of rotatable bonds is 5. The fourth-order valence-corrected chi connectivity index (χ4v) is 2.60. The second-order valence-corrected chi connectivity index (χ2v) is 5.91. The lowest BCUT2D eigenvalue weighted by Crippen LogP contribution is -2.36. The summed E-state index contributed by atoms with van der Waals surface area (Å²) >= 11 is 0. The van der Waals surface area contributed by atoms with E-state index in [1.165, 1.54) is 18.5 Å². The highest BCUT2D eigenvalue weighted by molar-refractivity contribution is 5.90. The topological polar surface area (TPSA) is 156 Å². The number of carbonyl (C=O) groups excluding carboxylic acids is 1. The number of aryl methyl sites for hydroxylation is 1. The maximum Gasteiger partial charge on any atom is 0.364 e. The van der Waals surface area contributed by atoms with E-state index in [0.29, 0.717) is 5.56 Å². The Morgan fingerprint density at radius 3 is 2.78 bits per heavy atom. The molecule has 2 aromatic heterocycles. The minimum atomic E-state index is -1.41. The van der Waals surface area contributed by atoms with Crippen molar-refractivity contribution in [2.75, 3.05) is 12.1 Å². The molecule has 3 rings (SSSR count). The van der Waals surface area contributed by atoms with Crippen LogP contribution >= 0.6 is 0 Å². The average molecular weight is 378 g/mol. The Morgan fingerprint density at radius 2 is 2.15 bits per heavy atom. The van der Waals surface area contributed by atoms with Crippen molar-refractivity contribution in [2.45, 2.75) is 31.5 Å². The lowest BCUT2D eigenvalue weighted by Gasteiger charge is -2.17. The maximum absolute atomic E-state index is 12.2. The van der Waals surface area contributed by atoms with Crippen molar-refractivity contribution in [3.05, 3.63) is 52.3 Å². The van der Waals surface area contributed by atoms with Crippen molar-refractivity contribution in [2.24, 2.45) is 0 Å². The predicted octanol–water partition coefficient (Wildman–Crippen LogP) is -1.26. The molecule has 0 saturated carbocycles. The molecule has 0 unspecified atom stereocenters. The summed E-state index contributed by atoms with van der Waals surface area (Å²) in [6.07, 6.45) is -0.822. The standard InChI is InChI=1S/C16H18N4O7/c1-8-2-4-17-6-9(8)15(24)27-19-11-3-5-20(16(25)18-11)14-13(23)12(22)10(7-21)26-14/h2-6,10,12-14,21-23H,7H2,1H3,(H,18,19,25)/t10-,12-,13-,14-/m1/s1. The first-order chi connectivity index (χ1) is 12.9. The highest BCUT2D eigenvalue weighted by Gasteiger charge is 2.43. The molecule has 0 aliphatic carbocycles. The molecule has 4 atom stereocenters. The summed E-state index contributed by atoms with van der Waals surface area (Å²) in [7, 11) is 0. The fraction of sp³-hybridized carbons (Fsp3) is 0.375. The van der Waals surface area contributed by atoms with Crippen LogP contribution in [0.3, 0.4) is 0 Å². The third kappa shape index (κ3) is 3.80. The van der Waals surface area contributed by atoms with Crippen LogP contribution in [0.4, 0.5) is 5.82 Å². The van der Waals surface area contributed by atoms with E-state index < -0.39 is 42.8 Å². The van der Waals surface area contributed by atoms with Gasteiger partial charge in [0.05, 0.1) is 12.2 Å². The summed E-state index contributed by atoms with van der Waals surface area (Å²) in [6, 6.07) is 2.97. The van der Waals surface area contributed by atoms with Gasteiger partial charge < -0.3 is 24.9 Å². The van der Waals surface area contributed by atoms with Crippen LogP contribution in [0.2, 0.25) is 0 Å². The zero-order valence-electron chi connectivity index (χ0n) is 14.2. The molecule has 144 valence electrons. The molecule has 0 spiro atoms. The number of aliphatic hydroxyl groups is 3. The number of nitrogens with zero attached hydrogens (tertiary/aromatic N) is 3. The smallest absolute Gasteiger partial charge is 0.364 e. The van der Waals surface area contributed by atoms with Crippen LogP contribution in [0.25, 0.3) is 0 Å². The minimum absolute atomic E-state index is 0.0436. The number of pyridine rings is 1. The summed E-state index contributed by atoms with van der Waals surface area (Å²) in [4.78, 5) is 36.6. The second-order valence-electron chi connectivity index (χ2n) is 5.91. The molecule has 1 saturated heterocycles. The number of carbonyl (C=O) groups is 1. The van der Waals surface area contributed by atoms with Gasteiger partial charge in [-0.25, -0.2) is 9.59 Å². The number of nitrogens with one attached hydrogen (secondary N) is 1. The van der Waals surface area contributed by atoms with E-state index in [9.17, 15) is 19.8 Å². The highest BCUT2D eigenvalue weighted by Crippen LogP contribution is 2.28. The quantitative estimate of drug-likeness (QED) is 0.463. The Hall–Kier alpha value is -2.86. The van der Waals surface area contributed by atoms with Crippen LogP contribution in [0.5, 0.6) is 0 Å². The molecule has 1 aliphatic heterocycles. The van der Waals surface area contributed by atoms with Gasteiger partial charge in [-0.3, -0.25) is 9.55 Å². The molecule has 0 bridgehead atoms. The lowest BCUT2D eigenvalue weighted by molar-refractivity contribution is -0.0549. The molecule has 11 heteroatoms. The molecule has 0 amide bonds. The Kier molecular flexibility index (Phi) is 5.46. The van der Waals surface area contributed by atoms with E-state index in [-0.39, 0.29) is 11.4 Å². The molecule has 0 aromatic carbocycles. The summed E-state index contributed by atoms with van der Waals surface area (Å²) in [5, 5.41) is 28.8. The SMILES string of the molecule is Cc1ccncc1C(=O)ONc1ccn([C@@H]2O[C@H](CO)[C@@H](O)[C@H]2O)c(=O)n1. The molecule has 4 N–H and O–H groups in total. The monoisotopic (exact) mass is 378 g/mol. The second kappa shape index (κ2) is 7.80. The van der Waals surface area contributed by atoms with Gasteiger partial charge in [0.25, 0.3) is 0 Å². The number of hydrogen-bond donors (Lipinski definition) is 4. The van der Waals surface area contributed by atoms with Crippen molar-refractivity contribution < 1.29 is 29.7 Å². The van der Waals surface area contributed by atoms with E-state index >= 15 is 0 Å². The van der Waals surface area contributed by atoms with Crippen molar-refractivity contribution in [3.63, 3.8) is 0 Å². The zero-order chi connectivity index (χ0) is 19.6. The van der Waals surface area contributed by atoms with Gasteiger partial charge in [0.15, 0.2) is 12.0 Å². The number of hydrogen-bond acceptors (Lipinski definition) is 10. The van der Waals surface area contributed by atoms with Crippen LogP contribution in [0.15, 0.2) is 35.5 Å². The van der Waals surface area contributed by atoms with Gasteiger partial charge in [0, 0.05) is 24.7 Å². The van der Waals surface area contributed by atoms with Gasteiger partial charge in [-0.05, 0) is 18.6 Å². The van der Waals surface area contributed by atoms with Crippen molar-refractivity contribution in [1.82, 2.24) is 14.5 Å². The van der Waals surface area contributed by atoms with Crippen LogP contribution in [-0.4, -0.2) is 60.7 Å². The predicted molar refractivity (Wildman–Crippen MR) is 89.5 cm³/mol. The van der Waals surface area contributed by atoms with Crippen LogP contribution in [0.1, 0.15) is 22.1 Å². The van der Waals surface area contributed by atoms with Gasteiger partial charge in [-0.1, -0.05) is 0 Å². The molecule has 0 radical (unpaired) electrons. The Labute approximate surface area is 152 Å². The summed E-state index contributed by atoms with van der Waals surface area (Å²) in [5.41, 5.74) is 2.38. The molecule has 3 heterocycles. The van der Waals surface area contributed by atoms with E-state index in [1.54, 1.807) is 19.2 Å². The van der Waals surface area contributed by atoms with E-state index in [2.05, 4.69) is 15.4 Å². The van der Waals surface area contributed by atoms with Gasteiger partial charge in [-0.15, -0.1) is 0 Å². The average Bonchev–Trinajstić information content (AvgIpc) is 2.95. The molecule has 1 fully saturated rings. The van der Waals surface area contributed by atoms with Gasteiger partial charge >= 0.3 is 11.7 Å². The number of aromatic nitrogens is 3. The Morgan fingerprint density at radius 1 is 1.37 bits per heavy atom. The molecule has 1 aliphatic rings. The molecule has 27 heavy (non-hydrogen) atoms. The van der Waals surface area contributed by atoms with Gasteiger partial charge in [0.2, 0.25) is 0 Å². The summed E-state index contributed by atoms with van der Waals surface area (Å²) in [5.74, 6) is -0.743. The summed E-state index contributed by atoms with van der Waals surface area (Å²) in [6.45, 7) is 1.21. The van der Waals surface area contributed by atoms with E-state index in [0.717, 1.165) is 4.57 Å². The minimum Gasteiger partial charge on any atom is -0.394 e. The largest absolute Gasteiger partial charge is 0.394 e. The Balaban J connectivity index is 1.70. The normalized spacial score (nSPS) is 24.6. The third-order valence-corrected chi connectivity index (χ3v) is 4.13. The third-order valence-electron chi connectivity index (χ3n) is 4.13. The van der Waals surface area contributed by atoms with Crippen molar-refractivity contribution >= 4 is 11.8 Å². The number of anilines is 1. The Bertz CT molecular complexity index is 887. The van der Waals surface area contributed by atoms with Crippen molar-refractivity contribution in [3.8, 4) is 0 Å². The van der Waals surface area contributed by atoms with Gasteiger partial charge in [0.1, 0.15) is 18.3 Å². The van der Waals surface area contributed by atoms with Crippen molar-refractivity contribution in [1.29, 1.82) is 0 Å². The van der Waals surface area contributed by atoms with E-state index in [4.69, 9.17) is 14.7 Å². The maximum atomic E-state index is 12.2. The molecular formula is C16H18N4O7. The fourth-order valence-electron chi connectivity index (χ4n) is 2.60. The molecule has 11 nitrogen and oxygen atoms in total. The summed E-state index contributed by atoms with van der Waals surface area (Å²) < 4.78 is 6.23. The number of ether oxygens (including phenoxy) is 1. The first-order valence-corrected chi connectivity index (χ1v) is 8.02. The van der Waals surface area contributed by atoms with Gasteiger partial charge in [-0.2, -0.15) is 10.5 Å². The number of aliphatic hydroxyl groups excluding tert-OH is 3. The zero-order valence-corrected chi connectivity index (χ0v) is 14.2. The molecular weight excluding hydrogens is 360 g/mol. The molecule has 2 aromatic rings. The first-order valence-electron chi connectivity index (χ1n) is 8.02. The van der Waals surface area contributed by atoms with Crippen LogP contribution in [-0.2, 0) is 9.57 Å². The highest BCUT2D eigenvalue weighted by atomic mass is 16.7. The van der Waals surface area contributed by atoms with Crippen LogP contribution < -0.4 is 11.2 Å². The first kappa shape index (κ1) is 18.9. The van der Waals surface area contributed by atoms with Crippen LogP contribution in [0, 0.1) is 6.92 Å². The van der Waals surface area contributed by atoms with E-state index in [1.807, 2.05) is 0 Å². The lowest BCUT2D eigenvalue weighted by atomic mass is 10.1.